The van der Waals surface area contributed by atoms with Crippen LogP contribution in [0.3, 0.4) is 0 Å². The van der Waals surface area contributed by atoms with E-state index in [1.807, 2.05) is 0 Å². The standard InChI is InChI=1S/C11H18O4/c1-6(2)7(9(12)13)8(10(14)15)11(3,4)5/h6H,1-5H3,(H,12,13)(H,14,15). The third-order valence-corrected chi connectivity index (χ3v) is 2.04. The molecule has 0 saturated carbocycles. The second-order valence-corrected chi connectivity index (χ2v) is 4.80. The van der Waals surface area contributed by atoms with Crippen molar-refractivity contribution >= 4 is 11.9 Å². The number of rotatable bonds is 3. The fourth-order valence-electron chi connectivity index (χ4n) is 1.48. The van der Waals surface area contributed by atoms with Gasteiger partial charge in [-0.15, -0.1) is 0 Å². The molecule has 0 saturated heterocycles. The van der Waals surface area contributed by atoms with Gasteiger partial charge in [0.1, 0.15) is 0 Å². The first-order chi connectivity index (χ1) is 6.59. The maximum absolute atomic E-state index is 11.1. The highest BCUT2D eigenvalue weighted by molar-refractivity contribution is 5.99. The van der Waals surface area contributed by atoms with E-state index in [-0.39, 0.29) is 17.1 Å². The van der Waals surface area contributed by atoms with Crippen LogP contribution in [0.15, 0.2) is 11.1 Å². The van der Waals surface area contributed by atoms with E-state index >= 15 is 0 Å². The molecule has 0 bridgehead atoms. The van der Waals surface area contributed by atoms with Crippen molar-refractivity contribution in [3.63, 3.8) is 0 Å². The molecule has 0 aliphatic rings. The van der Waals surface area contributed by atoms with Crippen molar-refractivity contribution in [1.82, 2.24) is 0 Å². The molecule has 4 heteroatoms. The summed E-state index contributed by atoms with van der Waals surface area (Å²) in [6.45, 7) is 8.45. The fourth-order valence-corrected chi connectivity index (χ4v) is 1.48. The zero-order valence-corrected chi connectivity index (χ0v) is 9.79. The zero-order valence-electron chi connectivity index (χ0n) is 9.79. The van der Waals surface area contributed by atoms with Gasteiger partial charge in [-0.2, -0.15) is 0 Å². The topological polar surface area (TPSA) is 74.6 Å². The van der Waals surface area contributed by atoms with Gasteiger partial charge in [-0.1, -0.05) is 34.6 Å². The van der Waals surface area contributed by atoms with E-state index in [9.17, 15) is 9.59 Å². The van der Waals surface area contributed by atoms with Crippen LogP contribution in [0, 0.1) is 11.3 Å². The Bertz CT molecular complexity index is 305. The Morgan fingerprint density at radius 3 is 1.47 bits per heavy atom. The van der Waals surface area contributed by atoms with Crippen LogP contribution < -0.4 is 0 Å². The van der Waals surface area contributed by atoms with Crippen LogP contribution in [0.4, 0.5) is 0 Å². The lowest BCUT2D eigenvalue weighted by atomic mass is 9.80. The van der Waals surface area contributed by atoms with Crippen molar-refractivity contribution in [1.29, 1.82) is 0 Å². The van der Waals surface area contributed by atoms with E-state index in [1.54, 1.807) is 34.6 Å². The third-order valence-electron chi connectivity index (χ3n) is 2.04. The van der Waals surface area contributed by atoms with Crippen molar-refractivity contribution in [2.75, 3.05) is 0 Å². The van der Waals surface area contributed by atoms with Crippen LogP contribution in [0.25, 0.3) is 0 Å². The Labute approximate surface area is 89.6 Å². The molecule has 0 rings (SSSR count). The van der Waals surface area contributed by atoms with Gasteiger partial charge in [0, 0.05) is 0 Å². The van der Waals surface area contributed by atoms with E-state index in [4.69, 9.17) is 10.2 Å². The van der Waals surface area contributed by atoms with E-state index < -0.39 is 17.4 Å². The molecule has 0 aliphatic heterocycles. The maximum atomic E-state index is 11.1. The summed E-state index contributed by atoms with van der Waals surface area (Å²) in [5.41, 5.74) is -0.718. The second-order valence-electron chi connectivity index (χ2n) is 4.80. The molecule has 0 atom stereocenters. The first kappa shape index (κ1) is 13.7. The number of hydrogen-bond acceptors (Lipinski definition) is 2. The first-order valence-corrected chi connectivity index (χ1v) is 4.80. The number of hydrogen-bond donors (Lipinski definition) is 2. The van der Waals surface area contributed by atoms with Gasteiger partial charge >= 0.3 is 11.9 Å². The Hall–Kier alpha value is -1.32. The summed E-state index contributed by atoms with van der Waals surface area (Å²) in [4.78, 5) is 22.1. The van der Waals surface area contributed by atoms with Gasteiger partial charge in [-0.05, 0) is 11.3 Å². The molecular weight excluding hydrogens is 196 g/mol. The molecule has 15 heavy (non-hydrogen) atoms. The quantitative estimate of drug-likeness (QED) is 0.706. The molecule has 2 N–H and O–H groups in total. The van der Waals surface area contributed by atoms with Crippen LogP contribution in [0.1, 0.15) is 34.6 Å². The summed E-state index contributed by atoms with van der Waals surface area (Å²) < 4.78 is 0. The Kier molecular flexibility index (Phi) is 4.07. The van der Waals surface area contributed by atoms with Gasteiger partial charge in [0.2, 0.25) is 0 Å². The van der Waals surface area contributed by atoms with Gasteiger partial charge in [0.15, 0.2) is 0 Å². The van der Waals surface area contributed by atoms with Gasteiger partial charge in [-0.25, -0.2) is 9.59 Å². The smallest absolute Gasteiger partial charge is 0.332 e. The van der Waals surface area contributed by atoms with Gasteiger partial charge in [0.25, 0.3) is 0 Å². The average molecular weight is 214 g/mol. The molecule has 0 aromatic heterocycles. The van der Waals surface area contributed by atoms with E-state index in [1.165, 1.54) is 0 Å². The Morgan fingerprint density at radius 2 is 1.40 bits per heavy atom. The molecular formula is C11H18O4. The predicted octanol–water partition coefficient (Wildman–Crippen LogP) is 2.15. The minimum Gasteiger partial charge on any atom is -0.478 e. The molecule has 0 radical (unpaired) electrons. The maximum Gasteiger partial charge on any atom is 0.332 e. The van der Waals surface area contributed by atoms with Crippen LogP contribution in [-0.2, 0) is 9.59 Å². The summed E-state index contributed by atoms with van der Waals surface area (Å²) in [7, 11) is 0. The molecule has 0 fully saturated rings. The molecule has 4 nitrogen and oxygen atoms in total. The number of aliphatic carboxylic acids is 2. The van der Waals surface area contributed by atoms with Crippen LogP contribution in [0.5, 0.6) is 0 Å². The van der Waals surface area contributed by atoms with E-state index in [2.05, 4.69) is 0 Å². The first-order valence-electron chi connectivity index (χ1n) is 4.80. The number of carboxylic acid groups (broad SMARTS) is 2. The zero-order chi connectivity index (χ0) is 12.4. The third kappa shape index (κ3) is 3.38. The molecule has 0 heterocycles. The second kappa shape index (κ2) is 4.47. The average Bonchev–Trinajstić information content (AvgIpc) is 1.94. The van der Waals surface area contributed by atoms with Crippen molar-refractivity contribution in [3.05, 3.63) is 11.1 Å². The molecule has 0 aliphatic carbocycles. The fraction of sp³-hybridized carbons (Fsp3) is 0.636. The normalized spacial score (nSPS) is 13.7. The SMILES string of the molecule is CC(C)C(C(=O)O)=C(C(=O)O)C(C)(C)C. The van der Waals surface area contributed by atoms with Crippen molar-refractivity contribution < 1.29 is 19.8 Å². The molecule has 0 amide bonds. The lowest BCUT2D eigenvalue weighted by Gasteiger charge is -2.23. The molecule has 0 aromatic carbocycles. The number of carbonyl (C=O) groups is 2. The minimum absolute atomic E-state index is 0.0185. The van der Waals surface area contributed by atoms with Gasteiger partial charge < -0.3 is 10.2 Å². The monoisotopic (exact) mass is 214 g/mol. The lowest BCUT2D eigenvalue weighted by Crippen LogP contribution is -2.25. The summed E-state index contributed by atoms with van der Waals surface area (Å²) in [5.74, 6) is -2.63. The Balaban J connectivity index is 5.81. The van der Waals surface area contributed by atoms with Gasteiger partial charge in [0.05, 0.1) is 11.1 Å². The van der Waals surface area contributed by atoms with Crippen LogP contribution in [0.2, 0.25) is 0 Å². The van der Waals surface area contributed by atoms with E-state index in [0.29, 0.717) is 0 Å². The minimum atomic E-state index is -1.16. The Morgan fingerprint density at radius 1 is 1.00 bits per heavy atom. The summed E-state index contributed by atoms with van der Waals surface area (Å²) in [6.07, 6.45) is 0. The highest BCUT2D eigenvalue weighted by Crippen LogP contribution is 2.31. The molecule has 0 aromatic rings. The molecule has 86 valence electrons. The summed E-state index contributed by atoms with van der Waals surface area (Å²) >= 11 is 0. The predicted molar refractivity (Wildman–Crippen MR) is 56.6 cm³/mol. The highest BCUT2D eigenvalue weighted by Gasteiger charge is 2.31. The molecule has 0 unspecified atom stereocenters. The largest absolute Gasteiger partial charge is 0.478 e. The summed E-state index contributed by atoms with van der Waals surface area (Å²) in [6, 6.07) is 0. The van der Waals surface area contributed by atoms with Gasteiger partial charge in [-0.3, -0.25) is 0 Å². The van der Waals surface area contributed by atoms with Crippen molar-refractivity contribution in [2.24, 2.45) is 11.3 Å². The molecule has 0 spiro atoms. The summed E-state index contributed by atoms with van der Waals surface area (Å²) in [5, 5.41) is 18.1. The van der Waals surface area contributed by atoms with E-state index in [0.717, 1.165) is 0 Å². The number of carboxylic acids is 2. The van der Waals surface area contributed by atoms with Crippen LogP contribution >= 0.6 is 0 Å². The van der Waals surface area contributed by atoms with Crippen LogP contribution in [-0.4, -0.2) is 22.2 Å². The van der Waals surface area contributed by atoms with Crippen molar-refractivity contribution in [2.45, 2.75) is 34.6 Å². The highest BCUT2D eigenvalue weighted by atomic mass is 16.4. The van der Waals surface area contributed by atoms with Crippen molar-refractivity contribution in [3.8, 4) is 0 Å². The lowest BCUT2D eigenvalue weighted by molar-refractivity contribution is -0.137.